The van der Waals surface area contributed by atoms with Crippen LogP contribution in [-0.4, -0.2) is 35.6 Å². The smallest absolute Gasteiger partial charge is 0.254 e. The van der Waals surface area contributed by atoms with Gasteiger partial charge in [-0.25, -0.2) is 4.98 Å². The molecule has 0 saturated carbocycles. The molecule has 1 aliphatic rings. The zero-order valence-corrected chi connectivity index (χ0v) is 13.4. The van der Waals surface area contributed by atoms with Gasteiger partial charge in [0.2, 0.25) is 5.91 Å². The van der Waals surface area contributed by atoms with Gasteiger partial charge in [-0.05, 0) is 32.1 Å². The molecule has 0 aliphatic carbocycles. The number of aryl methyl sites for hydroxylation is 2. The van der Waals surface area contributed by atoms with Gasteiger partial charge in [-0.1, -0.05) is 6.92 Å². The number of hydrogen-bond acceptors (Lipinski definition) is 4. The first-order valence-electron chi connectivity index (χ1n) is 8.03. The van der Waals surface area contributed by atoms with Crippen molar-refractivity contribution in [3.8, 4) is 0 Å². The van der Waals surface area contributed by atoms with Gasteiger partial charge in [0.25, 0.3) is 5.56 Å². The number of rotatable bonds is 7. The zero-order chi connectivity index (χ0) is 15.9. The molecule has 1 unspecified atom stereocenters. The van der Waals surface area contributed by atoms with E-state index >= 15 is 0 Å². The second-order valence-corrected chi connectivity index (χ2v) is 5.83. The molecule has 1 atom stereocenters. The average molecular weight is 307 g/mol. The third-order valence-corrected chi connectivity index (χ3v) is 4.08. The van der Waals surface area contributed by atoms with Gasteiger partial charge in [0, 0.05) is 37.4 Å². The van der Waals surface area contributed by atoms with E-state index in [9.17, 15) is 9.59 Å². The number of aromatic nitrogens is 2. The fourth-order valence-electron chi connectivity index (χ4n) is 2.70. The van der Waals surface area contributed by atoms with E-state index in [4.69, 9.17) is 4.74 Å². The standard InChI is InChI=1S/C16H25N3O3/c1-3-14-18-11(2)13(16(21)19-14)9-15(20)17-7-4-5-12-6-8-22-10-12/h12H,3-10H2,1-2H3,(H,17,20)(H,18,19,21). The molecule has 1 saturated heterocycles. The molecule has 0 radical (unpaired) electrons. The Balaban J connectivity index is 1.78. The summed E-state index contributed by atoms with van der Waals surface area (Å²) in [7, 11) is 0. The highest BCUT2D eigenvalue weighted by molar-refractivity contribution is 5.78. The molecule has 0 bridgehead atoms. The maximum Gasteiger partial charge on any atom is 0.254 e. The Morgan fingerprint density at radius 3 is 2.95 bits per heavy atom. The maximum absolute atomic E-state index is 12.0. The fraction of sp³-hybridized carbons (Fsp3) is 0.688. The van der Waals surface area contributed by atoms with Gasteiger partial charge in [0.05, 0.1) is 6.42 Å². The van der Waals surface area contributed by atoms with E-state index in [0.717, 1.165) is 32.5 Å². The number of aromatic amines is 1. The first-order chi connectivity index (χ1) is 10.6. The Labute approximate surface area is 130 Å². The molecule has 2 rings (SSSR count). The average Bonchev–Trinajstić information content (AvgIpc) is 3.00. The van der Waals surface area contributed by atoms with Gasteiger partial charge in [0.15, 0.2) is 0 Å². The lowest BCUT2D eigenvalue weighted by Crippen LogP contribution is -2.30. The van der Waals surface area contributed by atoms with Gasteiger partial charge in [0.1, 0.15) is 5.82 Å². The van der Waals surface area contributed by atoms with Crippen LogP contribution in [0.4, 0.5) is 0 Å². The van der Waals surface area contributed by atoms with E-state index < -0.39 is 0 Å². The second kappa shape index (κ2) is 8.08. The molecule has 0 spiro atoms. The highest BCUT2D eigenvalue weighted by atomic mass is 16.5. The number of ether oxygens (including phenoxy) is 1. The van der Waals surface area contributed by atoms with Crippen LogP contribution in [0.5, 0.6) is 0 Å². The minimum absolute atomic E-state index is 0.0880. The van der Waals surface area contributed by atoms with E-state index in [-0.39, 0.29) is 17.9 Å². The van der Waals surface area contributed by atoms with E-state index in [1.165, 1.54) is 0 Å². The third kappa shape index (κ3) is 4.66. The molecular formula is C16H25N3O3. The normalized spacial score (nSPS) is 17.6. The van der Waals surface area contributed by atoms with E-state index in [1.807, 2.05) is 6.92 Å². The predicted octanol–water partition coefficient (Wildman–Crippen LogP) is 1.12. The third-order valence-electron chi connectivity index (χ3n) is 4.08. The lowest BCUT2D eigenvalue weighted by Gasteiger charge is -2.09. The molecule has 6 nitrogen and oxygen atoms in total. The van der Waals surface area contributed by atoms with Crippen molar-refractivity contribution in [2.45, 2.75) is 46.0 Å². The summed E-state index contributed by atoms with van der Waals surface area (Å²) in [5.41, 5.74) is 0.889. The molecule has 1 aliphatic heterocycles. The molecule has 1 aromatic rings. The summed E-state index contributed by atoms with van der Waals surface area (Å²) in [4.78, 5) is 30.9. The minimum Gasteiger partial charge on any atom is -0.381 e. The lowest BCUT2D eigenvalue weighted by atomic mass is 10.0. The summed E-state index contributed by atoms with van der Waals surface area (Å²) in [6.07, 6.45) is 3.91. The summed E-state index contributed by atoms with van der Waals surface area (Å²) < 4.78 is 5.33. The Bertz CT molecular complexity index is 562. The Hall–Kier alpha value is -1.69. The minimum atomic E-state index is -0.206. The van der Waals surface area contributed by atoms with Crippen LogP contribution in [0.2, 0.25) is 0 Å². The summed E-state index contributed by atoms with van der Waals surface area (Å²) in [6, 6.07) is 0. The summed E-state index contributed by atoms with van der Waals surface area (Å²) in [5, 5.41) is 2.88. The van der Waals surface area contributed by atoms with Crippen molar-refractivity contribution in [1.29, 1.82) is 0 Å². The Kier molecular flexibility index (Phi) is 6.12. The van der Waals surface area contributed by atoms with Crippen LogP contribution >= 0.6 is 0 Å². The first kappa shape index (κ1) is 16.7. The van der Waals surface area contributed by atoms with Crippen LogP contribution in [0.1, 0.15) is 43.3 Å². The van der Waals surface area contributed by atoms with Crippen LogP contribution in [0.3, 0.4) is 0 Å². The molecule has 22 heavy (non-hydrogen) atoms. The van der Waals surface area contributed by atoms with Crippen molar-refractivity contribution in [3.63, 3.8) is 0 Å². The highest BCUT2D eigenvalue weighted by Gasteiger charge is 2.15. The number of carbonyl (C=O) groups excluding carboxylic acids is 1. The first-order valence-corrected chi connectivity index (χ1v) is 8.03. The predicted molar refractivity (Wildman–Crippen MR) is 83.8 cm³/mol. The van der Waals surface area contributed by atoms with Gasteiger partial charge in [-0.2, -0.15) is 0 Å². The largest absolute Gasteiger partial charge is 0.381 e. The van der Waals surface area contributed by atoms with Gasteiger partial charge in [-0.15, -0.1) is 0 Å². The van der Waals surface area contributed by atoms with Crippen molar-refractivity contribution in [2.24, 2.45) is 5.92 Å². The number of nitrogens with one attached hydrogen (secondary N) is 2. The number of nitrogens with zero attached hydrogens (tertiary/aromatic N) is 1. The van der Waals surface area contributed by atoms with Gasteiger partial charge in [-0.3, -0.25) is 9.59 Å². The van der Waals surface area contributed by atoms with E-state index in [2.05, 4.69) is 15.3 Å². The second-order valence-electron chi connectivity index (χ2n) is 5.83. The maximum atomic E-state index is 12.0. The van der Waals surface area contributed by atoms with Crippen LogP contribution in [-0.2, 0) is 22.4 Å². The molecule has 122 valence electrons. The van der Waals surface area contributed by atoms with Crippen molar-refractivity contribution in [1.82, 2.24) is 15.3 Å². The van der Waals surface area contributed by atoms with Crippen LogP contribution in [0.25, 0.3) is 0 Å². The molecular weight excluding hydrogens is 282 g/mol. The van der Waals surface area contributed by atoms with Crippen molar-refractivity contribution >= 4 is 5.91 Å². The lowest BCUT2D eigenvalue weighted by molar-refractivity contribution is -0.120. The molecule has 6 heteroatoms. The summed E-state index contributed by atoms with van der Waals surface area (Å²) in [5.74, 6) is 1.17. The summed E-state index contributed by atoms with van der Waals surface area (Å²) >= 11 is 0. The zero-order valence-electron chi connectivity index (χ0n) is 13.4. The van der Waals surface area contributed by atoms with Gasteiger partial charge < -0.3 is 15.0 Å². The SMILES string of the molecule is CCc1nc(C)c(CC(=O)NCCCC2CCOC2)c(=O)[nH]1. The van der Waals surface area contributed by atoms with Crippen molar-refractivity contribution < 1.29 is 9.53 Å². The van der Waals surface area contributed by atoms with Crippen molar-refractivity contribution in [3.05, 3.63) is 27.4 Å². The van der Waals surface area contributed by atoms with Crippen molar-refractivity contribution in [2.75, 3.05) is 19.8 Å². The number of H-pyrrole nitrogens is 1. The molecule has 2 N–H and O–H groups in total. The van der Waals surface area contributed by atoms with Crippen LogP contribution in [0, 0.1) is 12.8 Å². The van der Waals surface area contributed by atoms with E-state index in [0.29, 0.717) is 36.0 Å². The monoisotopic (exact) mass is 307 g/mol. The van der Waals surface area contributed by atoms with E-state index in [1.54, 1.807) is 6.92 Å². The molecule has 1 aromatic heterocycles. The molecule has 0 aromatic carbocycles. The number of hydrogen-bond donors (Lipinski definition) is 2. The molecule has 1 amide bonds. The summed E-state index contributed by atoms with van der Waals surface area (Å²) in [6.45, 7) is 6.06. The number of amides is 1. The Morgan fingerprint density at radius 2 is 2.32 bits per heavy atom. The number of carbonyl (C=O) groups is 1. The Morgan fingerprint density at radius 1 is 1.50 bits per heavy atom. The molecule has 2 heterocycles. The van der Waals surface area contributed by atoms with Gasteiger partial charge >= 0.3 is 0 Å². The quantitative estimate of drug-likeness (QED) is 0.739. The molecule has 1 fully saturated rings. The van der Waals surface area contributed by atoms with Crippen LogP contribution < -0.4 is 10.9 Å². The highest BCUT2D eigenvalue weighted by Crippen LogP contribution is 2.17. The van der Waals surface area contributed by atoms with Crippen LogP contribution in [0.15, 0.2) is 4.79 Å². The fourth-order valence-corrected chi connectivity index (χ4v) is 2.70. The topological polar surface area (TPSA) is 84.1 Å².